The maximum Gasteiger partial charge on any atom is 0.255 e. The second-order valence-electron chi connectivity index (χ2n) is 6.21. The fourth-order valence-corrected chi connectivity index (χ4v) is 5.14. The zero-order valence-corrected chi connectivity index (χ0v) is 16.7. The SMILES string of the molecule is O=C(c1ccc(Cl)cc1Cl)N1CCN(S(=O)(=O)c2cccc3nonc23)CC1. The van der Waals surface area contributed by atoms with Crippen molar-refractivity contribution in [3.63, 3.8) is 0 Å². The minimum Gasteiger partial charge on any atom is -0.336 e. The minimum atomic E-state index is -3.80. The zero-order valence-electron chi connectivity index (χ0n) is 14.4. The molecule has 11 heteroatoms. The number of carbonyl (C=O) groups is 1. The van der Waals surface area contributed by atoms with Crippen molar-refractivity contribution in [1.82, 2.24) is 19.5 Å². The lowest BCUT2D eigenvalue weighted by molar-refractivity contribution is 0.0698. The summed E-state index contributed by atoms with van der Waals surface area (Å²) in [5.74, 6) is -0.262. The first-order valence-electron chi connectivity index (χ1n) is 8.34. The van der Waals surface area contributed by atoms with Crippen LogP contribution in [0.5, 0.6) is 0 Å². The van der Waals surface area contributed by atoms with Crippen LogP contribution in [0.25, 0.3) is 11.0 Å². The highest BCUT2D eigenvalue weighted by Gasteiger charge is 2.32. The molecule has 0 saturated carbocycles. The van der Waals surface area contributed by atoms with Crippen LogP contribution >= 0.6 is 23.2 Å². The van der Waals surface area contributed by atoms with Gasteiger partial charge in [-0.3, -0.25) is 4.79 Å². The predicted octanol–water partition coefficient (Wildman–Crippen LogP) is 2.68. The van der Waals surface area contributed by atoms with E-state index in [1.807, 2.05) is 0 Å². The lowest BCUT2D eigenvalue weighted by atomic mass is 10.2. The Morgan fingerprint density at radius 3 is 2.50 bits per heavy atom. The Morgan fingerprint density at radius 2 is 1.79 bits per heavy atom. The molecule has 0 spiro atoms. The van der Waals surface area contributed by atoms with Gasteiger partial charge in [0.05, 0.1) is 10.6 Å². The fraction of sp³-hybridized carbons (Fsp3) is 0.235. The van der Waals surface area contributed by atoms with Gasteiger partial charge >= 0.3 is 0 Å². The maximum atomic E-state index is 13.0. The molecule has 1 saturated heterocycles. The van der Waals surface area contributed by atoms with Crippen LogP contribution in [0, 0.1) is 0 Å². The van der Waals surface area contributed by atoms with Gasteiger partial charge in [0.25, 0.3) is 5.91 Å². The van der Waals surface area contributed by atoms with Crippen molar-refractivity contribution in [2.75, 3.05) is 26.2 Å². The summed E-state index contributed by atoms with van der Waals surface area (Å²) in [4.78, 5) is 14.3. The number of hydrogen-bond donors (Lipinski definition) is 0. The van der Waals surface area contributed by atoms with Crippen LogP contribution in [-0.2, 0) is 10.0 Å². The van der Waals surface area contributed by atoms with Crippen molar-refractivity contribution < 1.29 is 17.8 Å². The summed E-state index contributed by atoms with van der Waals surface area (Å²) in [5.41, 5.74) is 0.891. The van der Waals surface area contributed by atoms with Crippen LogP contribution in [-0.4, -0.2) is 60.0 Å². The molecule has 1 fully saturated rings. The normalized spacial score (nSPS) is 15.9. The number of amides is 1. The van der Waals surface area contributed by atoms with Crippen molar-refractivity contribution in [2.45, 2.75) is 4.90 Å². The molecule has 8 nitrogen and oxygen atoms in total. The summed E-state index contributed by atoms with van der Waals surface area (Å²) >= 11 is 12.0. The fourth-order valence-electron chi connectivity index (χ4n) is 3.09. The molecule has 1 aliphatic rings. The molecular weight excluding hydrogens is 427 g/mol. The van der Waals surface area contributed by atoms with Gasteiger partial charge in [0.15, 0.2) is 5.52 Å². The maximum absolute atomic E-state index is 13.0. The van der Waals surface area contributed by atoms with Gasteiger partial charge in [-0.25, -0.2) is 13.0 Å². The lowest BCUT2D eigenvalue weighted by Crippen LogP contribution is -2.50. The molecule has 0 bridgehead atoms. The highest BCUT2D eigenvalue weighted by atomic mass is 35.5. The molecule has 4 rings (SSSR count). The Balaban J connectivity index is 1.52. The van der Waals surface area contributed by atoms with Gasteiger partial charge in [0.2, 0.25) is 10.0 Å². The number of aromatic nitrogens is 2. The van der Waals surface area contributed by atoms with Crippen LogP contribution in [0.1, 0.15) is 10.4 Å². The van der Waals surface area contributed by atoms with Crippen molar-refractivity contribution in [3.05, 3.63) is 52.0 Å². The molecule has 0 atom stereocenters. The molecule has 0 unspecified atom stereocenters. The molecular formula is C17H14Cl2N4O4S. The van der Waals surface area contributed by atoms with Gasteiger partial charge in [-0.1, -0.05) is 29.3 Å². The molecule has 0 aliphatic carbocycles. The van der Waals surface area contributed by atoms with Gasteiger partial charge in [-0.15, -0.1) is 0 Å². The molecule has 2 heterocycles. The summed E-state index contributed by atoms with van der Waals surface area (Å²) in [5, 5.41) is 8.08. The van der Waals surface area contributed by atoms with Gasteiger partial charge in [-0.05, 0) is 40.6 Å². The summed E-state index contributed by atoms with van der Waals surface area (Å²) in [6.07, 6.45) is 0. The number of sulfonamides is 1. The summed E-state index contributed by atoms with van der Waals surface area (Å²) in [6, 6.07) is 9.33. The number of benzene rings is 2. The Morgan fingerprint density at radius 1 is 1.04 bits per heavy atom. The molecule has 28 heavy (non-hydrogen) atoms. The van der Waals surface area contributed by atoms with Crippen molar-refractivity contribution in [2.24, 2.45) is 0 Å². The second-order valence-corrected chi connectivity index (χ2v) is 8.96. The second kappa shape index (κ2) is 7.32. The van der Waals surface area contributed by atoms with Crippen molar-refractivity contribution >= 4 is 50.2 Å². The van der Waals surface area contributed by atoms with E-state index < -0.39 is 10.0 Å². The number of halogens is 2. The van der Waals surface area contributed by atoms with E-state index in [2.05, 4.69) is 14.9 Å². The van der Waals surface area contributed by atoms with E-state index >= 15 is 0 Å². The molecule has 146 valence electrons. The van der Waals surface area contributed by atoms with Gasteiger partial charge in [-0.2, -0.15) is 4.31 Å². The topological polar surface area (TPSA) is 96.6 Å². The average Bonchev–Trinajstić information content (AvgIpc) is 3.16. The molecule has 0 N–H and O–H groups in total. The van der Waals surface area contributed by atoms with Crippen LogP contribution in [0.3, 0.4) is 0 Å². The number of nitrogens with zero attached hydrogens (tertiary/aromatic N) is 4. The van der Waals surface area contributed by atoms with Gasteiger partial charge < -0.3 is 4.90 Å². The predicted molar refractivity (Wildman–Crippen MR) is 103 cm³/mol. The van der Waals surface area contributed by atoms with Crippen LogP contribution < -0.4 is 0 Å². The third kappa shape index (κ3) is 3.35. The van der Waals surface area contributed by atoms with Gasteiger partial charge in [0.1, 0.15) is 10.4 Å². The molecule has 3 aromatic rings. The average molecular weight is 441 g/mol. The lowest BCUT2D eigenvalue weighted by Gasteiger charge is -2.34. The highest BCUT2D eigenvalue weighted by Crippen LogP contribution is 2.26. The summed E-state index contributed by atoms with van der Waals surface area (Å²) < 4.78 is 32.0. The first-order chi connectivity index (χ1) is 13.4. The number of piperazine rings is 1. The van der Waals surface area contributed by atoms with E-state index in [0.29, 0.717) is 16.1 Å². The Hall–Kier alpha value is -2.20. The van der Waals surface area contributed by atoms with E-state index in [-0.39, 0.29) is 47.5 Å². The standard InChI is InChI=1S/C17H14Cl2N4O4S/c18-11-4-5-12(13(19)10-11)17(24)22-6-8-23(9-7-22)28(25,26)15-3-1-2-14-16(15)21-27-20-14/h1-5,10H,6-9H2. The minimum absolute atomic E-state index is 0.0340. The molecule has 1 aromatic heterocycles. The Bertz CT molecular complexity index is 1160. The van der Waals surface area contributed by atoms with Crippen LogP contribution in [0.15, 0.2) is 45.9 Å². The van der Waals surface area contributed by atoms with E-state index in [4.69, 9.17) is 23.2 Å². The number of carbonyl (C=O) groups excluding carboxylic acids is 1. The van der Waals surface area contributed by atoms with E-state index in [0.717, 1.165) is 0 Å². The molecule has 2 aromatic carbocycles. The zero-order chi connectivity index (χ0) is 19.9. The van der Waals surface area contributed by atoms with Crippen molar-refractivity contribution in [3.8, 4) is 0 Å². The number of fused-ring (bicyclic) bond motifs is 1. The first-order valence-corrected chi connectivity index (χ1v) is 10.5. The Kier molecular flexibility index (Phi) is 5.00. The van der Waals surface area contributed by atoms with E-state index in [9.17, 15) is 13.2 Å². The van der Waals surface area contributed by atoms with Crippen LogP contribution in [0.4, 0.5) is 0 Å². The van der Waals surface area contributed by atoms with E-state index in [1.165, 1.54) is 16.4 Å². The third-order valence-electron chi connectivity index (χ3n) is 4.55. The largest absolute Gasteiger partial charge is 0.336 e. The van der Waals surface area contributed by atoms with Crippen LogP contribution in [0.2, 0.25) is 10.0 Å². The number of hydrogen-bond acceptors (Lipinski definition) is 6. The van der Waals surface area contributed by atoms with Crippen molar-refractivity contribution in [1.29, 1.82) is 0 Å². The molecule has 1 amide bonds. The highest BCUT2D eigenvalue weighted by molar-refractivity contribution is 7.89. The van der Waals surface area contributed by atoms with E-state index in [1.54, 1.807) is 29.2 Å². The molecule has 0 radical (unpaired) electrons. The summed E-state index contributed by atoms with van der Waals surface area (Å²) in [7, 11) is -3.80. The monoisotopic (exact) mass is 440 g/mol. The Labute approximate surface area is 170 Å². The first kappa shape index (κ1) is 19.1. The quantitative estimate of drug-likeness (QED) is 0.620. The number of rotatable bonds is 3. The summed E-state index contributed by atoms with van der Waals surface area (Å²) in [6.45, 7) is 0.788. The van der Waals surface area contributed by atoms with Gasteiger partial charge in [0, 0.05) is 31.2 Å². The third-order valence-corrected chi connectivity index (χ3v) is 7.03. The smallest absolute Gasteiger partial charge is 0.255 e. The molecule has 1 aliphatic heterocycles.